The number of carbonyl (C=O) groups excluding carboxylic acids is 1. The molecule has 0 spiro atoms. The van der Waals surface area contributed by atoms with Crippen LogP contribution in [0.2, 0.25) is 0 Å². The van der Waals surface area contributed by atoms with Crippen LogP contribution in [0, 0.1) is 12.7 Å². The van der Waals surface area contributed by atoms with Crippen LogP contribution in [0.3, 0.4) is 0 Å². The van der Waals surface area contributed by atoms with Crippen LogP contribution < -0.4 is 5.43 Å². The molecule has 4 nitrogen and oxygen atoms in total. The number of nitrogens with zero attached hydrogens (tertiary/aromatic N) is 1. The minimum Gasteiger partial charge on any atom is -0.507 e. The molecule has 0 saturated heterocycles. The smallest absolute Gasteiger partial charge is 0.271 e. The molecule has 2 rings (SSSR count). The van der Waals surface area contributed by atoms with E-state index < -0.39 is 11.7 Å². The maximum atomic E-state index is 13.0. The molecule has 0 fully saturated rings. The Morgan fingerprint density at radius 3 is 2.85 bits per heavy atom. The highest BCUT2D eigenvalue weighted by Crippen LogP contribution is 2.15. The normalized spacial score (nSPS) is 10.7. The molecular formula is C15H13FN2O2. The van der Waals surface area contributed by atoms with Crippen molar-refractivity contribution in [3.63, 3.8) is 0 Å². The van der Waals surface area contributed by atoms with Gasteiger partial charge in [-0.2, -0.15) is 5.10 Å². The van der Waals surface area contributed by atoms with E-state index in [1.807, 2.05) is 6.92 Å². The Bertz CT molecular complexity index is 669. The monoisotopic (exact) mass is 272 g/mol. The van der Waals surface area contributed by atoms with Gasteiger partial charge >= 0.3 is 0 Å². The summed E-state index contributed by atoms with van der Waals surface area (Å²) in [6, 6.07) is 10.3. The van der Waals surface area contributed by atoms with Gasteiger partial charge in [-0.25, -0.2) is 9.82 Å². The standard InChI is InChI=1S/C15H13FN2O2/c1-10-5-6-14(19)12(7-10)9-17-18-15(20)11-3-2-4-13(16)8-11/h2-9,19H,1H3,(H,18,20)/b17-9-. The zero-order chi connectivity index (χ0) is 14.5. The lowest BCUT2D eigenvalue weighted by Crippen LogP contribution is -2.17. The molecular weight excluding hydrogens is 259 g/mol. The van der Waals surface area contributed by atoms with Crippen molar-refractivity contribution in [3.05, 3.63) is 65.0 Å². The van der Waals surface area contributed by atoms with E-state index in [0.29, 0.717) is 5.56 Å². The molecule has 2 aromatic carbocycles. The first-order valence-corrected chi connectivity index (χ1v) is 5.95. The fourth-order valence-corrected chi connectivity index (χ4v) is 1.63. The van der Waals surface area contributed by atoms with Crippen molar-refractivity contribution in [1.29, 1.82) is 0 Å². The lowest BCUT2D eigenvalue weighted by molar-refractivity contribution is 0.0954. The number of phenolic OH excluding ortho intramolecular Hbond substituents is 1. The first-order valence-electron chi connectivity index (χ1n) is 5.95. The van der Waals surface area contributed by atoms with Crippen LogP contribution in [0.25, 0.3) is 0 Å². The number of hydrogen-bond donors (Lipinski definition) is 2. The Morgan fingerprint density at radius 1 is 1.30 bits per heavy atom. The van der Waals surface area contributed by atoms with Crippen LogP contribution in [0.15, 0.2) is 47.6 Å². The highest BCUT2D eigenvalue weighted by atomic mass is 19.1. The fraction of sp³-hybridized carbons (Fsp3) is 0.0667. The van der Waals surface area contributed by atoms with Gasteiger partial charge in [-0.15, -0.1) is 0 Å². The number of aromatic hydroxyl groups is 1. The van der Waals surface area contributed by atoms with Crippen LogP contribution >= 0.6 is 0 Å². The maximum Gasteiger partial charge on any atom is 0.271 e. The predicted octanol–water partition coefficient (Wildman–Crippen LogP) is 2.60. The van der Waals surface area contributed by atoms with E-state index in [0.717, 1.165) is 11.6 Å². The number of rotatable bonds is 3. The van der Waals surface area contributed by atoms with Crippen LogP contribution in [0.4, 0.5) is 4.39 Å². The third kappa shape index (κ3) is 3.41. The van der Waals surface area contributed by atoms with Gasteiger partial charge in [0.15, 0.2) is 0 Å². The topological polar surface area (TPSA) is 61.7 Å². The Kier molecular flexibility index (Phi) is 4.10. The maximum absolute atomic E-state index is 13.0. The molecule has 0 aliphatic heterocycles. The molecule has 0 aliphatic rings. The minimum absolute atomic E-state index is 0.0688. The molecule has 0 aliphatic carbocycles. The highest BCUT2D eigenvalue weighted by molar-refractivity contribution is 5.95. The lowest BCUT2D eigenvalue weighted by atomic mass is 10.1. The van der Waals surface area contributed by atoms with E-state index in [4.69, 9.17) is 0 Å². The number of amides is 1. The van der Waals surface area contributed by atoms with Gasteiger partial charge in [0, 0.05) is 11.1 Å². The number of phenols is 1. The summed E-state index contributed by atoms with van der Waals surface area (Å²) < 4.78 is 13.0. The summed E-state index contributed by atoms with van der Waals surface area (Å²) >= 11 is 0. The second kappa shape index (κ2) is 5.97. The average Bonchev–Trinajstić information content (AvgIpc) is 2.42. The SMILES string of the molecule is Cc1ccc(O)c(/C=N\NC(=O)c2cccc(F)c2)c1. The van der Waals surface area contributed by atoms with Crippen molar-refractivity contribution < 1.29 is 14.3 Å². The van der Waals surface area contributed by atoms with Gasteiger partial charge in [0.25, 0.3) is 5.91 Å². The van der Waals surface area contributed by atoms with E-state index in [9.17, 15) is 14.3 Å². The van der Waals surface area contributed by atoms with Gasteiger partial charge < -0.3 is 5.11 Å². The lowest BCUT2D eigenvalue weighted by Gasteiger charge is -2.01. The van der Waals surface area contributed by atoms with E-state index in [-0.39, 0.29) is 11.3 Å². The summed E-state index contributed by atoms with van der Waals surface area (Å²) in [4.78, 5) is 11.7. The van der Waals surface area contributed by atoms with Crippen LogP contribution in [0.5, 0.6) is 5.75 Å². The third-order valence-corrected chi connectivity index (χ3v) is 2.64. The summed E-state index contributed by atoms with van der Waals surface area (Å²) in [5, 5.41) is 13.3. The largest absolute Gasteiger partial charge is 0.507 e. The number of halogens is 1. The summed E-state index contributed by atoms with van der Waals surface area (Å²) in [5.74, 6) is -0.940. The second-order valence-electron chi connectivity index (χ2n) is 4.27. The van der Waals surface area contributed by atoms with E-state index in [2.05, 4.69) is 10.5 Å². The molecule has 20 heavy (non-hydrogen) atoms. The van der Waals surface area contributed by atoms with Gasteiger partial charge in [-0.1, -0.05) is 17.7 Å². The molecule has 0 bridgehead atoms. The Morgan fingerprint density at radius 2 is 2.10 bits per heavy atom. The quantitative estimate of drug-likeness (QED) is 0.666. The first kappa shape index (κ1) is 13.7. The number of hydrazone groups is 1. The summed E-state index contributed by atoms with van der Waals surface area (Å²) in [7, 11) is 0. The minimum atomic E-state index is -0.520. The highest BCUT2D eigenvalue weighted by Gasteiger charge is 2.04. The third-order valence-electron chi connectivity index (χ3n) is 2.64. The molecule has 0 radical (unpaired) electrons. The molecule has 5 heteroatoms. The summed E-state index contributed by atoms with van der Waals surface area (Å²) in [5.41, 5.74) is 3.90. The average molecular weight is 272 g/mol. The Hall–Kier alpha value is -2.69. The Labute approximate surface area is 115 Å². The van der Waals surface area contributed by atoms with Gasteiger partial charge in [-0.3, -0.25) is 4.79 Å². The van der Waals surface area contributed by atoms with Crippen molar-refractivity contribution in [2.45, 2.75) is 6.92 Å². The molecule has 2 aromatic rings. The Balaban J connectivity index is 2.06. The molecule has 1 amide bonds. The van der Waals surface area contributed by atoms with Crippen LogP contribution in [-0.2, 0) is 0 Å². The van der Waals surface area contributed by atoms with Crippen molar-refractivity contribution in [2.24, 2.45) is 5.10 Å². The zero-order valence-electron chi connectivity index (χ0n) is 10.8. The molecule has 102 valence electrons. The fourth-order valence-electron chi connectivity index (χ4n) is 1.63. The predicted molar refractivity (Wildman–Crippen MR) is 74.3 cm³/mol. The van der Waals surface area contributed by atoms with Crippen molar-refractivity contribution in [1.82, 2.24) is 5.43 Å². The summed E-state index contributed by atoms with van der Waals surface area (Å²) in [6.45, 7) is 1.88. The number of benzene rings is 2. The molecule has 0 unspecified atom stereocenters. The van der Waals surface area contributed by atoms with Gasteiger partial charge in [0.1, 0.15) is 11.6 Å². The van der Waals surface area contributed by atoms with Crippen molar-refractivity contribution in [2.75, 3.05) is 0 Å². The summed E-state index contributed by atoms with van der Waals surface area (Å²) in [6.07, 6.45) is 1.33. The van der Waals surface area contributed by atoms with E-state index in [1.54, 1.807) is 18.2 Å². The van der Waals surface area contributed by atoms with Crippen LogP contribution in [0.1, 0.15) is 21.5 Å². The number of carbonyl (C=O) groups is 1. The molecule has 0 saturated carbocycles. The molecule has 2 N–H and O–H groups in total. The number of hydrogen-bond acceptors (Lipinski definition) is 3. The van der Waals surface area contributed by atoms with E-state index in [1.165, 1.54) is 24.4 Å². The zero-order valence-corrected chi connectivity index (χ0v) is 10.8. The number of nitrogens with one attached hydrogen (secondary N) is 1. The molecule has 0 atom stereocenters. The van der Waals surface area contributed by atoms with E-state index >= 15 is 0 Å². The van der Waals surface area contributed by atoms with Gasteiger partial charge in [-0.05, 0) is 37.3 Å². The number of aryl methyl sites for hydroxylation is 1. The van der Waals surface area contributed by atoms with Gasteiger partial charge in [0.2, 0.25) is 0 Å². The van der Waals surface area contributed by atoms with Crippen molar-refractivity contribution >= 4 is 12.1 Å². The van der Waals surface area contributed by atoms with Gasteiger partial charge in [0.05, 0.1) is 6.21 Å². The molecule has 0 aromatic heterocycles. The van der Waals surface area contributed by atoms with Crippen LogP contribution in [-0.4, -0.2) is 17.2 Å². The molecule has 0 heterocycles. The second-order valence-corrected chi connectivity index (χ2v) is 4.27. The van der Waals surface area contributed by atoms with Crippen molar-refractivity contribution in [3.8, 4) is 5.75 Å². The first-order chi connectivity index (χ1) is 9.56.